The van der Waals surface area contributed by atoms with Crippen LogP contribution >= 0.6 is 0 Å². The van der Waals surface area contributed by atoms with Gasteiger partial charge < -0.3 is 10.2 Å². The van der Waals surface area contributed by atoms with Gasteiger partial charge >= 0.3 is 0 Å². The predicted molar refractivity (Wildman–Crippen MR) is 75.9 cm³/mol. The molecule has 2 atom stereocenters. The van der Waals surface area contributed by atoms with Gasteiger partial charge in [0.2, 0.25) is 0 Å². The molecule has 1 aromatic carbocycles. The number of benzene rings is 1. The standard InChI is InChI=1S/C15H23FN2O2/c1-12(19)10-17-6-8-18(9-7-17)11-15(20)13-2-4-14(16)5-3-13/h2-5,12,15,19-20H,6-11H2,1H3/t12-,15+/m1/s1. The molecule has 4 nitrogen and oxygen atoms in total. The van der Waals surface area contributed by atoms with Crippen LogP contribution in [-0.2, 0) is 0 Å². The van der Waals surface area contributed by atoms with Crippen LogP contribution < -0.4 is 0 Å². The number of aliphatic hydroxyl groups is 2. The average Bonchev–Trinajstić information content (AvgIpc) is 2.41. The van der Waals surface area contributed by atoms with E-state index in [-0.39, 0.29) is 11.9 Å². The number of aliphatic hydroxyl groups excluding tert-OH is 2. The molecular weight excluding hydrogens is 259 g/mol. The van der Waals surface area contributed by atoms with Crippen molar-refractivity contribution in [1.82, 2.24) is 9.80 Å². The third-order valence-corrected chi connectivity index (χ3v) is 3.67. The SMILES string of the molecule is C[C@@H](O)CN1CCN(C[C@H](O)c2ccc(F)cc2)CC1. The fourth-order valence-corrected chi connectivity index (χ4v) is 2.56. The van der Waals surface area contributed by atoms with E-state index in [1.807, 2.05) is 0 Å². The molecule has 1 aliphatic heterocycles. The summed E-state index contributed by atoms with van der Waals surface area (Å²) in [5.41, 5.74) is 0.748. The van der Waals surface area contributed by atoms with Gasteiger partial charge in [0.1, 0.15) is 5.82 Å². The van der Waals surface area contributed by atoms with Crippen LogP contribution in [0.1, 0.15) is 18.6 Å². The number of hydrogen-bond donors (Lipinski definition) is 2. The van der Waals surface area contributed by atoms with Crippen molar-refractivity contribution in [3.63, 3.8) is 0 Å². The maximum absolute atomic E-state index is 12.8. The van der Waals surface area contributed by atoms with Crippen molar-refractivity contribution in [2.45, 2.75) is 19.1 Å². The molecule has 5 heteroatoms. The molecule has 1 aromatic rings. The molecule has 0 saturated carbocycles. The zero-order chi connectivity index (χ0) is 14.5. The Kier molecular flexibility index (Phi) is 5.48. The Morgan fingerprint density at radius 2 is 1.50 bits per heavy atom. The molecule has 1 heterocycles. The van der Waals surface area contributed by atoms with E-state index in [4.69, 9.17) is 0 Å². The summed E-state index contributed by atoms with van der Waals surface area (Å²) >= 11 is 0. The minimum absolute atomic E-state index is 0.285. The molecule has 0 radical (unpaired) electrons. The van der Waals surface area contributed by atoms with E-state index in [0.717, 1.165) is 31.7 Å². The fourth-order valence-electron chi connectivity index (χ4n) is 2.56. The van der Waals surface area contributed by atoms with Crippen LogP contribution in [0, 0.1) is 5.82 Å². The van der Waals surface area contributed by atoms with Crippen LogP contribution in [0.4, 0.5) is 4.39 Å². The normalized spacial score (nSPS) is 20.8. The van der Waals surface area contributed by atoms with Gasteiger partial charge in [-0.05, 0) is 24.6 Å². The van der Waals surface area contributed by atoms with Crippen LogP contribution in [0.2, 0.25) is 0 Å². The first-order chi connectivity index (χ1) is 9.54. The zero-order valence-electron chi connectivity index (χ0n) is 11.9. The monoisotopic (exact) mass is 282 g/mol. The van der Waals surface area contributed by atoms with E-state index >= 15 is 0 Å². The smallest absolute Gasteiger partial charge is 0.123 e. The van der Waals surface area contributed by atoms with Gasteiger partial charge in [-0.3, -0.25) is 9.80 Å². The minimum atomic E-state index is -0.584. The number of piperazine rings is 1. The van der Waals surface area contributed by atoms with Crippen molar-refractivity contribution in [1.29, 1.82) is 0 Å². The van der Waals surface area contributed by atoms with E-state index in [1.54, 1.807) is 19.1 Å². The van der Waals surface area contributed by atoms with Crippen LogP contribution in [0.15, 0.2) is 24.3 Å². The molecule has 1 fully saturated rings. The molecule has 20 heavy (non-hydrogen) atoms. The van der Waals surface area contributed by atoms with Gasteiger partial charge in [0.05, 0.1) is 12.2 Å². The number of hydrogen-bond acceptors (Lipinski definition) is 4. The highest BCUT2D eigenvalue weighted by Crippen LogP contribution is 2.16. The molecule has 1 aliphatic rings. The molecule has 2 rings (SSSR count). The van der Waals surface area contributed by atoms with E-state index in [1.165, 1.54) is 12.1 Å². The first-order valence-electron chi connectivity index (χ1n) is 7.11. The first-order valence-corrected chi connectivity index (χ1v) is 7.11. The van der Waals surface area contributed by atoms with E-state index in [2.05, 4.69) is 9.80 Å². The lowest BCUT2D eigenvalue weighted by molar-refractivity contribution is 0.0526. The summed E-state index contributed by atoms with van der Waals surface area (Å²) in [6.07, 6.45) is -0.884. The van der Waals surface area contributed by atoms with Crippen LogP contribution in [0.25, 0.3) is 0 Å². The van der Waals surface area contributed by atoms with Gasteiger partial charge in [-0.1, -0.05) is 12.1 Å². The topological polar surface area (TPSA) is 46.9 Å². The fraction of sp³-hybridized carbons (Fsp3) is 0.600. The van der Waals surface area contributed by atoms with Crippen LogP contribution in [-0.4, -0.2) is 65.4 Å². The lowest BCUT2D eigenvalue weighted by Gasteiger charge is -2.36. The van der Waals surface area contributed by atoms with Crippen molar-refractivity contribution < 1.29 is 14.6 Å². The molecule has 0 unspecified atom stereocenters. The van der Waals surface area contributed by atoms with Gasteiger partial charge in [-0.25, -0.2) is 4.39 Å². The van der Waals surface area contributed by atoms with E-state index < -0.39 is 6.10 Å². The molecule has 0 spiro atoms. The third kappa shape index (κ3) is 4.52. The van der Waals surface area contributed by atoms with Gasteiger partial charge in [0.15, 0.2) is 0 Å². The second-order valence-electron chi connectivity index (χ2n) is 5.52. The molecule has 0 aliphatic carbocycles. The number of rotatable bonds is 5. The lowest BCUT2D eigenvalue weighted by Crippen LogP contribution is -2.49. The number of β-amino-alcohol motifs (C(OH)–C–C–N with tert-alkyl or cyclic N) is 2. The summed E-state index contributed by atoms with van der Waals surface area (Å²) in [5.74, 6) is -0.285. The van der Waals surface area contributed by atoms with E-state index in [0.29, 0.717) is 13.1 Å². The average molecular weight is 282 g/mol. The van der Waals surface area contributed by atoms with Crippen LogP contribution in [0.3, 0.4) is 0 Å². The largest absolute Gasteiger partial charge is 0.392 e. The Labute approximate surface area is 119 Å². The Balaban J connectivity index is 1.79. The summed E-state index contributed by atoms with van der Waals surface area (Å²) in [4.78, 5) is 4.43. The summed E-state index contributed by atoms with van der Waals surface area (Å²) in [6.45, 7) is 6.63. The van der Waals surface area contributed by atoms with Gasteiger partial charge in [0.25, 0.3) is 0 Å². The Hall–Kier alpha value is -1.01. The molecule has 0 bridgehead atoms. The van der Waals surface area contributed by atoms with Gasteiger partial charge in [0, 0.05) is 39.3 Å². The maximum atomic E-state index is 12.8. The highest BCUT2D eigenvalue weighted by molar-refractivity contribution is 5.18. The van der Waals surface area contributed by atoms with Crippen molar-refractivity contribution in [2.75, 3.05) is 39.3 Å². The van der Waals surface area contributed by atoms with Crippen molar-refractivity contribution in [3.05, 3.63) is 35.6 Å². The van der Waals surface area contributed by atoms with E-state index in [9.17, 15) is 14.6 Å². The summed E-state index contributed by atoms with van der Waals surface area (Å²) in [6, 6.07) is 6.01. The Morgan fingerprint density at radius 3 is 2.00 bits per heavy atom. The molecule has 1 saturated heterocycles. The highest BCUT2D eigenvalue weighted by atomic mass is 19.1. The Bertz CT molecular complexity index is 403. The van der Waals surface area contributed by atoms with Crippen LogP contribution in [0.5, 0.6) is 0 Å². The molecular formula is C15H23FN2O2. The molecule has 2 N–H and O–H groups in total. The van der Waals surface area contributed by atoms with Crippen molar-refractivity contribution >= 4 is 0 Å². The first kappa shape index (κ1) is 15.4. The second kappa shape index (κ2) is 7.13. The number of halogens is 1. The number of nitrogens with zero attached hydrogens (tertiary/aromatic N) is 2. The predicted octanol–water partition coefficient (Wildman–Crippen LogP) is 0.857. The lowest BCUT2D eigenvalue weighted by atomic mass is 10.1. The van der Waals surface area contributed by atoms with Gasteiger partial charge in [-0.15, -0.1) is 0 Å². The maximum Gasteiger partial charge on any atom is 0.123 e. The summed E-state index contributed by atoms with van der Waals surface area (Å²) in [5, 5.41) is 19.5. The van der Waals surface area contributed by atoms with Crippen molar-refractivity contribution in [2.24, 2.45) is 0 Å². The van der Waals surface area contributed by atoms with Crippen molar-refractivity contribution in [3.8, 4) is 0 Å². The molecule has 112 valence electrons. The highest BCUT2D eigenvalue weighted by Gasteiger charge is 2.20. The second-order valence-corrected chi connectivity index (χ2v) is 5.52. The summed E-state index contributed by atoms with van der Waals surface area (Å²) in [7, 11) is 0. The zero-order valence-corrected chi connectivity index (χ0v) is 11.9. The molecule has 0 aromatic heterocycles. The minimum Gasteiger partial charge on any atom is -0.392 e. The third-order valence-electron chi connectivity index (χ3n) is 3.67. The van der Waals surface area contributed by atoms with Gasteiger partial charge in [-0.2, -0.15) is 0 Å². The Morgan fingerprint density at radius 1 is 1.00 bits per heavy atom. The molecule has 0 amide bonds. The quantitative estimate of drug-likeness (QED) is 0.841. The summed E-state index contributed by atoms with van der Waals surface area (Å²) < 4.78 is 12.8.